The number of nitrogens with zero attached hydrogens (tertiary/aromatic N) is 2. The van der Waals surface area contributed by atoms with Gasteiger partial charge in [-0.2, -0.15) is 0 Å². The van der Waals surface area contributed by atoms with Gasteiger partial charge in [0.15, 0.2) is 0 Å². The van der Waals surface area contributed by atoms with Gasteiger partial charge in [0, 0.05) is 24.1 Å². The summed E-state index contributed by atoms with van der Waals surface area (Å²) in [4.78, 5) is 14.1. The Morgan fingerprint density at radius 2 is 1.94 bits per heavy atom. The molecule has 176 valence electrons. The SMILES string of the molecule is CCCC(COCc1c(-c2c(Cl)cccc2Cl)noc1C1CC1)N(C)C(=O)OC(C)(C)C. The number of hydrogen-bond donors (Lipinski definition) is 0. The van der Waals surface area contributed by atoms with Crippen molar-refractivity contribution in [2.75, 3.05) is 13.7 Å². The molecule has 0 aliphatic heterocycles. The van der Waals surface area contributed by atoms with E-state index in [1.807, 2.05) is 20.8 Å². The Morgan fingerprint density at radius 3 is 2.50 bits per heavy atom. The van der Waals surface area contributed by atoms with Gasteiger partial charge in [-0.1, -0.05) is 47.8 Å². The molecule has 1 aliphatic carbocycles. The topological polar surface area (TPSA) is 64.8 Å². The predicted molar refractivity (Wildman–Crippen MR) is 126 cm³/mol. The highest BCUT2D eigenvalue weighted by Gasteiger charge is 2.34. The molecule has 2 aromatic rings. The van der Waals surface area contributed by atoms with Gasteiger partial charge >= 0.3 is 6.09 Å². The quantitative estimate of drug-likeness (QED) is 0.381. The molecule has 6 nitrogen and oxygen atoms in total. The van der Waals surface area contributed by atoms with Gasteiger partial charge in [0.25, 0.3) is 0 Å². The van der Waals surface area contributed by atoms with Crippen molar-refractivity contribution in [3.05, 3.63) is 39.6 Å². The lowest BCUT2D eigenvalue weighted by molar-refractivity contribution is 0.00462. The average molecular weight is 483 g/mol. The third kappa shape index (κ3) is 6.18. The second kappa shape index (κ2) is 10.4. The molecule has 0 saturated heterocycles. The lowest BCUT2D eigenvalue weighted by atomic mass is 10.0. The fourth-order valence-electron chi connectivity index (χ4n) is 3.55. The van der Waals surface area contributed by atoms with Gasteiger partial charge in [0.1, 0.15) is 17.1 Å². The number of carbonyl (C=O) groups is 1. The van der Waals surface area contributed by atoms with E-state index in [1.54, 1.807) is 30.1 Å². The van der Waals surface area contributed by atoms with E-state index in [2.05, 4.69) is 12.1 Å². The maximum Gasteiger partial charge on any atom is 0.410 e. The number of likely N-dealkylation sites (N-methyl/N-ethyl adjacent to an activating group) is 1. The fourth-order valence-corrected chi connectivity index (χ4v) is 4.13. The molecule has 8 heteroatoms. The molecule has 0 spiro atoms. The van der Waals surface area contributed by atoms with Crippen LogP contribution in [-0.4, -0.2) is 41.4 Å². The molecule has 0 radical (unpaired) electrons. The van der Waals surface area contributed by atoms with Crippen molar-refractivity contribution < 1.29 is 18.8 Å². The van der Waals surface area contributed by atoms with E-state index in [0.29, 0.717) is 40.4 Å². The van der Waals surface area contributed by atoms with Crippen molar-refractivity contribution in [2.24, 2.45) is 0 Å². The summed E-state index contributed by atoms with van der Waals surface area (Å²) in [6.07, 6.45) is 3.50. The van der Waals surface area contributed by atoms with Crippen molar-refractivity contribution in [3.63, 3.8) is 0 Å². The Morgan fingerprint density at radius 1 is 1.28 bits per heavy atom. The maximum absolute atomic E-state index is 12.5. The molecule has 1 aliphatic rings. The van der Waals surface area contributed by atoms with Gasteiger partial charge in [-0.25, -0.2) is 4.79 Å². The summed E-state index contributed by atoms with van der Waals surface area (Å²) < 4.78 is 17.3. The second-order valence-electron chi connectivity index (χ2n) is 9.29. The zero-order chi connectivity index (χ0) is 23.5. The molecule has 1 unspecified atom stereocenters. The lowest BCUT2D eigenvalue weighted by Gasteiger charge is -2.30. The van der Waals surface area contributed by atoms with Crippen LogP contribution in [0.4, 0.5) is 4.79 Å². The van der Waals surface area contributed by atoms with Gasteiger partial charge in [-0.3, -0.25) is 0 Å². The van der Waals surface area contributed by atoms with Crippen LogP contribution in [0, 0.1) is 0 Å². The summed E-state index contributed by atoms with van der Waals surface area (Å²) >= 11 is 12.9. The van der Waals surface area contributed by atoms with Crippen LogP contribution in [0.3, 0.4) is 0 Å². The Labute approximate surface area is 200 Å². The summed E-state index contributed by atoms with van der Waals surface area (Å²) in [5.41, 5.74) is 1.60. The zero-order valence-electron chi connectivity index (χ0n) is 19.4. The highest BCUT2D eigenvalue weighted by Crippen LogP contribution is 2.46. The summed E-state index contributed by atoms with van der Waals surface area (Å²) in [5.74, 6) is 1.19. The first-order valence-corrected chi connectivity index (χ1v) is 11.8. The van der Waals surface area contributed by atoms with E-state index < -0.39 is 5.60 Å². The van der Waals surface area contributed by atoms with Crippen LogP contribution in [-0.2, 0) is 16.1 Å². The van der Waals surface area contributed by atoms with Crippen molar-refractivity contribution >= 4 is 29.3 Å². The largest absolute Gasteiger partial charge is 0.444 e. The molecule has 1 fully saturated rings. The Hall–Kier alpha value is -1.76. The van der Waals surface area contributed by atoms with Gasteiger partial charge in [-0.05, 0) is 52.2 Å². The van der Waals surface area contributed by atoms with E-state index in [-0.39, 0.29) is 12.1 Å². The van der Waals surface area contributed by atoms with Crippen molar-refractivity contribution in [1.29, 1.82) is 0 Å². The first-order valence-electron chi connectivity index (χ1n) is 11.1. The number of amides is 1. The Balaban J connectivity index is 1.75. The normalized spacial score (nSPS) is 15.0. The molecule has 32 heavy (non-hydrogen) atoms. The minimum atomic E-state index is -0.548. The van der Waals surface area contributed by atoms with Gasteiger partial charge in [0.2, 0.25) is 0 Å². The molecule has 1 saturated carbocycles. The van der Waals surface area contributed by atoms with Gasteiger partial charge in [-0.15, -0.1) is 0 Å². The first-order chi connectivity index (χ1) is 15.1. The van der Waals surface area contributed by atoms with Gasteiger partial charge in [0.05, 0.1) is 29.3 Å². The molecule has 0 bridgehead atoms. The number of halogens is 2. The van der Waals surface area contributed by atoms with Crippen LogP contribution >= 0.6 is 23.2 Å². The van der Waals surface area contributed by atoms with Crippen LogP contribution in [0.15, 0.2) is 22.7 Å². The third-order valence-electron chi connectivity index (χ3n) is 5.37. The third-order valence-corrected chi connectivity index (χ3v) is 6.00. The number of hydrogen-bond acceptors (Lipinski definition) is 5. The number of ether oxygens (including phenoxy) is 2. The van der Waals surface area contributed by atoms with Crippen LogP contribution in [0.2, 0.25) is 10.0 Å². The van der Waals surface area contributed by atoms with E-state index in [0.717, 1.165) is 37.0 Å². The van der Waals surface area contributed by atoms with Crippen LogP contribution in [0.5, 0.6) is 0 Å². The van der Waals surface area contributed by atoms with Crippen LogP contribution in [0.1, 0.15) is 70.6 Å². The summed E-state index contributed by atoms with van der Waals surface area (Å²) in [7, 11) is 1.75. The predicted octanol–water partition coefficient (Wildman–Crippen LogP) is 7.08. The van der Waals surface area contributed by atoms with Crippen molar-refractivity contribution in [3.8, 4) is 11.3 Å². The molecule has 1 atom stereocenters. The molecule has 1 amide bonds. The number of benzene rings is 1. The highest BCUT2D eigenvalue weighted by atomic mass is 35.5. The minimum Gasteiger partial charge on any atom is -0.444 e. The Kier molecular flexibility index (Phi) is 8.12. The number of aromatic nitrogens is 1. The second-order valence-corrected chi connectivity index (χ2v) is 10.1. The standard InChI is InChI=1S/C24H32Cl2N2O4/c1-6-8-16(28(5)23(29)31-24(2,3)4)13-30-14-17-21(27-32-22(17)15-11-12-15)20-18(25)9-7-10-19(20)26/h7,9-10,15-16H,6,8,11-14H2,1-5H3. The maximum atomic E-state index is 12.5. The fraction of sp³-hybridized carbons (Fsp3) is 0.583. The Bertz CT molecular complexity index is 914. The van der Waals surface area contributed by atoms with E-state index in [4.69, 9.17) is 37.2 Å². The molecular formula is C24H32Cl2N2O4. The van der Waals surface area contributed by atoms with E-state index in [9.17, 15) is 4.79 Å². The molecule has 1 aromatic heterocycles. The number of carbonyl (C=O) groups excluding carboxylic acids is 1. The van der Waals surface area contributed by atoms with Crippen LogP contribution in [0.25, 0.3) is 11.3 Å². The monoisotopic (exact) mass is 482 g/mol. The highest BCUT2D eigenvalue weighted by molar-refractivity contribution is 6.39. The van der Waals surface area contributed by atoms with Crippen molar-refractivity contribution in [2.45, 2.75) is 77.5 Å². The molecule has 3 rings (SSSR count). The molecule has 1 heterocycles. The summed E-state index contributed by atoms with van der Waals surface area (Å²) in [6, 6.07) is 5.26. The molecular weight excluding hydrogens is 451 g/mol. The first kappa shape index (κ1) is 24.9. The lowest BCUT2D eigenvalue weighted by Crippen LogP contribution is -2.43. The number of rotatable bonds is 9. The summed E-state index contributed by atoms with van der Waals surface area (Å²) in [5, 5.41) is 5.33. The van der Waals surface area contributed by atoms with E-state index >= 15 is 0 Å². The van der Waals surface area contributed by atoms with Gasteiger partial charge < -0.3 is 18.9 Å². The average Bonchev–Trinajstić information content (AvgIpc) is 3.47. The van der Waals surface area contributed by atoms with E-state index in [1.165, 1.54) is 0 Å². The smallest absolute Gasteiger partial charge is 0.410 e. The zero-order valence-corrected chi connectivity index (χ0v) is 20.9. The molecule has 1 aromatic carbocycles. The minimum absolute atomic E-state index is 0.105. The summed E-state index contributed by atoms with van der Waals surface area (Å²) in [6.45, 7) is 8.33. The molecule has 0 N–H and O–H groups in total. The van der Waals surface area contributed by atoms with Crippen molar-refractivity contribution in [1.82, 2.24) is 10.1 Å². The van der Waals surface area contributed by atoms with Crippen LogP contribution < -0.4 is 0 Å².